The Morgan fingerprint density at radius 2 is 1.60 bits per heavy atom. The van der Waals surface area contributed by atoms with E-state index in [1.165, 1.54) is 4.90 Å². The topological polar surface area (TPSA) is 55.8 Å². The number of Topliss-reactive ketones (excluding diaryl/α,β-unsaturated/α-hetero) is 1. The Morgan fingerprint density at radius 1 is 1.05 bits per heavy atom. The van der Waals surface area contributed by atoms with Crippen LogP contribution in [0, 0.1) is 0 Å². The van der Waals surface area contributed by atoms with Crippen molar-refractivity contribution in [2.75, 3.05) is 14.1 Å². The molecule has 0 aromatic heterocycles. The molecule has 108 valence electrons. The van der Waals surface area contributed by atoms with Gasteiger partial charge in [-0.2, -0.15) is 0 Å². The maximum absolute atomic E-state index is 12.5. The number of benzene rings is 1. The summed E-state index contributed by atoms with van der Waals surface area (Å²) in [5.74, 6) is -1.47. The number of carbonyl (C=O) groups is 2. The highest BCUT2D eigenvalue weighted by atomic mass is 16.8. The molecule has 1 aromatic rings. The molecule has 1 saturated heterocycles. The highest BCUT2D eigenvalue weighted by Crippen LogP contribution is 2.31. The monoisotopic (exact) mass is 277 g/mol. The normalized spacial score (nSPS) is 24.4. The number of nitrogens with zero attached hydrogens (tertiary/aromatic N) is 1. The van der Waals surface area contributed by atoms with E-state index in [1.807, 2.05) is 6.07 Å². The summed E-state index contributed by atoms with van der Waals surface area (Å²) in [5.41, 5.74) is 0.510. The number of rotatable bonds is 3. The molecule has 0 bridgehead atoms. The van der Waals surface area contributed by atoms with Crippen LogP contribution in [0.15, 0.2) is 30.3 Å². The van der Waals surface area contributed by atoms with Gasteiger partial charge in [-0.3, -0.25) is 9.59 Å². The van der Waals surface area contributed by atoms with Crippen molar-refractivity contribution in [2.45, 2.75) is 31.8 Å². The van der Waals surface area contributed by atoms with Gasteiger partial charge in [0.2, 0.25) is 0 Å². The summed E-state index contributed by atoms with van der Waals surface area (Å²) in [6.07, 6.45) is -1.82. The van der Waals surface area contributed by atoms with Gasteiger partial charge in [-0.25, -0.2) is 0 Å². The molecular weight excluding hydrogens is 258 g/mol. The van der Waals surface area contributed by atoms with Gasteiger partial charge < -0.3 is 14.4 Å². The Hall–Kier alpha value is -1.72. The minimum atomic E-state index is -0.953. The van der Waals surface area contributed by atoms with Crippen LogP contribution in [0.1, 0.15) is 24.2 Å². The van der Waals surface area contributed by atoms with Crippen LogP contribution < -0.4 is 0 Å². The maximum Gasteiger partial charge on any atom is 0.254 e. The zero-order chi connectivity index (χ0) is 14.9. The molecule has 2 atom stereocenters. The van der Waals surface area contributed by atoms with Crippen LogP contribution in [0.2, 0.25) is 0 Å². The summed E-state index contributed by atoms with van der Waals surface area (Å²) in [6, 6.07) is 8.78. The van der Waals surface area contributed by atoms with Crippen LogP contribution in [0.3, 0.4) is 0 Å². The van der Waals surface area contributed by atoms with E-state index >= 15 is 0 Å². The van der Waals surface area contributed by atoms with Gasteiger partial charge in [-0.1, -0.05) is 30.3 Å². The molecule has 20 heavy (non-hydrogen) atoms. The number of likely N-dealkylation sites (N-methyl/N-ethyl adjacent to an activating group) is 1. The van der Waals surface area contributed by atoms with E-state index in [2.05, 4.69) is 0 Å². The van der Waals surface area contributed by atoms with E-state index in [-0.39, 0.29) is 11.7 Å². The van der Waals surface area contributed by atoms with Crippen LogP contribution in [0.4, 0.5) is 0 Å². The summed E-state index contributed by atoms with van der Waals surface area (Å²) < 4.78 is 11.2. The van der Waals surface area contributed by atoms with Gasteiger partial charge in [0, 0.05) is 19.7 Å². The summed E-state index contributed by atoms with van der Waals surface area (Å²) in [6.45, 7) is 3.39. The summed E-state index contributed by atoms with van der Waals surface area (Å²) in [4.78, 5) is 26.0. The molecule has 2 rings (SSSR count). The molecule has 0 unspecified atom stereocenters. The van der Waals surface area contributed by atoms with Gasteiger partial charge >= 0.3 is 0 Å². The van der Waals surface area contributed by atoms with Crippen LogP contribution in [-0.2, 0) is 14.3 Å². The number of hydrogen-bond acceptors (Lipinski definition) is 4. The molecule has 5 heteroatoms. The maximum atomic E-state index is 12.5. The SMILES string of the molecule is CN(C)C(=O)[C@H]1OC(C)(C)O[C@@H]1C(=O)c1ccccc1. The first kappa shape index (κ1) is 14.7. The fourth-order valence-corrected chi connectivity index (χ4v) is 2.15. The molecule has 1 heterocycles. The molecule has 1 aromatic carbocycles. The second-order valence-corrected chi connectivity index (χ2v) is 5.44. The molecule has 0 N–H and O–H groups in total. The van der Waals surface area contributed by atoms with E-state index in [9.17, 15) is 9.59 Å². The summed E-state index contributed by atoms with van der Waals surface area (Å²) in [5, 5.41) is 0. The lowest BCUT2D eigenvalue weighted by Gasteiger charge is -2.19. The lowest BCUT2D eigenvalue weighted by atomic mass is 10.0. The molecule has 5 nitrogen and oxygen atoms in total. The van der Waals surface area contributed by atoms with Gasteiger partial charge in [0.25, 0.3) is 5.91 Å². The number of ketones is 1. The molecule has 0 aliphatic carbocycles. The third kappa shape index (κ3) is 2.89. The lowest BCUT2D eigenvalue weighted by molar-refractivity contribution is -0.159. The molecular formula is C15H19NO4. The molecule has 0 spiro atoms. The summed E-state index contributed by atoms with van der Waals surface area (Å²) >= 11 is 0. The molecule has 1 amide bonds. The van der Waals surface area contributed by atoms with Gasteiger partial charge in [-0.05, 0) is 13.8 Å². The van der Waals surface area contributed by atoms with Crippen molar-refractivity contribution < 1.29 is 19.1 Å². The van der Waals surface area contributed by atoms with Crippen LogP contribution in [0.25, 0.3) is 0 Å². The van der Waals surface area contributed by atoms with E-state index in [4.69, 9.17) is 9.47 Å². The highest BCUT2D eigenvalue weighted by Gasteiger charge is 2.49. The number of amides is 1. The van der Waals surface area contributed by atoms with Crippen molar-refractivity contribution in [3.05, 3.63) is 35.9 Å². The first-order valence-corrected chi connectivity index (χ1v) is 6.48. The van der Waals surface area contributed by atoms with Crippen LogP contribution in [-0.4, -0.2) is 48.7 Å². The number of ether oxygens (including phenoxy) is 2. The third-order valence-electron chi connectivity index (χ3n) is 3.10. The zero-order valence-corrected chi connectivity index (χ0v) is 12.1. The molecule has 0 radical (unpaired) electrons. The Labute approximate surface area is 118 Å². The van der Waals surface area contributed by atoms with Gasteiger partial charge in [-0.15, -0.1) is 0 Å². The van der Waals surface area contributed by atoms with E-state index in [0.717, 1.165) is 0 Å². The first-order valence-electron chi connectivity index (χ1n) is 6.48. The van der Waals surface area contributed by atoms with Crippen molar-refractivity contribution in [1.82, 2.24) is 4.90 Å². The van der Waals surface area contributed by atoms with Gasteiger partial charge in [0.1, 0.15) is 0 Å². The smallest absolute Gasteiger partial charge is 0.254 e. The van der Waals surface area contributed by atoms with E-state index in [1.54, 1.807) is 52.2 Å². The van der Waals surface area contributed by atoms with Crippen molar-refractivity contribution in [3.63, 3.8) is 0 Å². The third-order valence-corrected chi connectivity index (χ3v) is 3.10. The van der Waals surface area contributed by atoms with Crippen LogP contribution in [0.5, 0.6) is 0 Å². The zero-order valence-electron chi connectivity index (χ0n) is 12.1. The standard InChI is InChI=1S/C15H19NO4/c1-15(2)19-12(13(20-15)14(18)16(3)4)11(17)10-8-6-5-7-9-10/h5-9,12-13H,1-4H3/t12-,13+/m1/s1. The number of hydrogen-bond donors (Lipinski definition) is 0. The minimum Gasteiger partial charge on any atom is -0.346 e. The van der Waals surface area contributed by atoms with Crippen molar-refractivity contribution in [3.8, 4) is 0 Å². The molecule has 1 fully saturated rings. The Morgan fingerprint density at radius 3 is 2.15 bits per heavy atom. The fourth-order valence-electron chi connectivity index (χ4n) is 2.15. The molecule has 0 saturated carbocycles. The minimum absolute atomic E-state index is 0.239. The average Bonchev–Trinajstić information content (AvgIpc) is 2.74. The second-order valence-electron chi connectivity index (χ2n) is 5.44. The van der Waals surface area contributed by atoms with Gasteiger partial charge in [0.15, 0.2) is 23.8 Å². The molecule has 1 aliphatic heterocycles. The highest BCUT2D eigenvalue weighted by molar-refractivity contribution is 6.03. The number of carbonyl (C=O) groups excluding carboxylic acids is 2. The van der Waals surface area contributed by atoms with E-state index < -0.39 is 18.0 Å². The summed E-state index contributed by atoms with van der Waals surface area (Å²) in [7, 11) is 3.25. The van der Waals surface area contributed by atoms with E-state index in [0.29, 0.717) is 5.56 Å². The lowest BCUT2D eigenvalue weighted by Crippen LogP contribution is -2.43. The Balaban J connectivity index is 2.28. The predicted molar refractivity (Wildman–Crippen MR) is 73.3 cm³/mol. The van der Waals surface area contributed by atoms with Crippen LogP contribution >= 0.6 is 0 Å². The molecule has 1 aliphatic rings. The van der Waals surface area contributed by atoms with Gasteiger partial charge in [0.05, 0.1) is 0 Å². The Bertz CT molecular complexity index is 510. The largest absolute Gasteiger partial charge is 0.346 e. The van der Waals surface area contributed by atoms with Crippen molar-refractivity contribution in [2.24, 2.45) is 0 Å². The first-order chi connectivity index (χ1) is 9.32. The fraction of sp³-hybridized carbons (Fsp3) is 0.467. The average molecular weight is 277 g/mol. The van der Waals surface area contributed by atoms with Crippen molar-refractivity contribution in [1.29, 1.82) is 0 Å². The predicted octanol–water partition coefficient (Wildman–Crippen LogP) is 1.48. The van der Waals surface area contributed by atoms with Crippen molar-refractivity contribution >= 4 is 11.7 Å². The quantitative estimate of drug-likeness (QED) is 0.785. The Kier molecular flexibility index (Phi) is 3.92. The second kappa shape index (κ2) is 5.34.